The van der Waals surface area contributed by atoms with Gasteiger partial charge in [0.15, 0.2) is 17.8 Å². The van der Waals surface area contributed by atoms with E-state index in [1.165, 1.54) is 25.5 Å². The van der Waals surface area contributed by atoms with Gasteiger partial charge in [0.2, 0.25) is 6.79 Å². The van der Waals surface area contributed by atoms with Crippen molar-refractivity contribution >= 4 is 6.29 Å². The van der Waals surface area contributed by atoms with Crippen LogP contribution in [0.1, 0.15) is 48.5 Å². The Kier molecular flexibility index (Phi) is 8.75. The largest absolute Gasteiger partial charge is 0.496 e. The van der Waals surface area contributed by atoms with E-state index in [9.17, 15) is 9.18 Å². The Morgan fingerprint density at radius 2 is 1.68 bits per heavy atom. The summed E-state index contributed by atoms with van der Waals surface area (Å²) in [6.45, 7) is 6.37. The van der Waals surface area contributed by atoms with Gasteiger partial charge in [-0.2, -0.15) is 0 Å². The van der Waals surface area contributed by atoms with Gasteiger partial charge in [0.1, 0.15) is 11.6 Å². The van der Waals surface area contributed by atoms with Crippen LogP contribution in [0.3, 0.4) is 0 Å². The molecule has 0 aliphatic carbocycles. The molecule has 0 aromatic heterocycles. The van der Waals surface area contributed by atoms with E-state index in [0.717, 1.165) is 19.4 Å². The molecular formula is C22H28FNO4. The lowest BCUT2D eigenvalue weighted by atomic mass is 9.90. The molecule has 6 heteroatoms. The average molecular weight is 389 g/mol. The summed E-state index contributed by atoms with van der Waals surface area (Å²) < 4.78 is 27.9. The lowest BCUT2D eigenvalue weighted by molar-refractivity contribution is 0.112. The third-order valence-electron chi connectivity index (χ3n) is 4.53. The summed E-state index contributed by atoms with van der Waals surface area (Å²) in [5, 5.41) is 3.32. The van der Waals surface area contributed by atoms with Crippen LogP contribution in [0.4, 0.5) is 4.39 Å². The fourth-order valence-electron chi connectivity index (χ4n) is 3.10. The molecule has 2 aromatic carbocycles. The SMILES string of the molecule is CC.COc1cc2c(cc1C=O)OCO2.Fc1ccc(C2CCNCC2)cc1. The summed E-state index contributed by atoms with van der Waals surface area (Å²) in [4.78, 5) is 10.6. The fraction of sp³-hybridized carbons (Fsp3) is 0.409. The second-order valence-electron chi connectivity index (χ2n) is 6.14. The number of benzene rings is 2. The number of nitrogens with one attached hydrogen (secondary N) is 1. The van der Waals surface area contributed by atoms with Crippen molar-refractivity contribution in [1.29, 1.82) is 0 Å². The highest BCUT2D eigenvalue weighted by Gasteiger charge is 2.17. The highest BCUT2D eigenvalue weighted by Crippen LogP contribution is 2.37. The van der Waals surface area contributed by atoms with Gasteiger partial charge in [0.05, 0.1) is 12.7 Å². The first-order chi connectivity index (χ1) is 13.7. The zero-order valence-corrected chi connectivity index (χ0v) is 16.7. The Balaban J connectivity index is 0.000000184. The van der Waals surface area contributed by atoms with Gasteiger partial charge in [-0.05, 0) is 55.6 Å². The van der Waals surface area contributed by atoms with Crippen molar-refractivity contribution in [2.75, 3.05) is 27.0 Å². The number of aldehydes is 1. The molecule has 0 atom stereocenters. The number of fused-ring (bicyclic) bond motifs is 1. The van der Waals surface area contributed by atoms with Crippen LogP contribution in [-0.4, -0.2) is 33.3 Å². The Hall–Kier alpha value is -2.60. The first kappa shape index (κ1) is 21.7. The fourth-order valence-corrected chi connectivity index (χ4v) is 3.10. The van der Waals surface area contributed by atoms with E-state index in [4.69, 9.17) is 14.2 Å². The van der Waals surface area contributed by atoms with Gasteiger partial charge < -0.3 is 19.5 Å². The van der Waals surface area contributed by atoms with Gasteiger partial charge in [-0.25, -0.2) is 4.39 Å². The molecule has 5 nitrogen and oxygen atoms in total. The molecule has 28 heavy (non-hydrogen) atoms. The van der Waals surface area contributed by atoms with E-state index in [1.807, 2.05) is 26.0 Å². The van der Waals surface area contributed by atoms with E-state index in [0.29, 0.717) is 28.7 Å². The van der Waals surface area contributed by atoms with Gasteiger partial charge in [-0.1, -0.05) is 26.0 Å². The number of carbonyl (C=O) groups is 1. The van der Waals surface area contributed by atoms with Crippen LogP contribution in [0, 0.1) is 5.82 Å². The van der Waals surface area contributed by atoms with Crippen molar-refractivity contribution < 1.29 is 23.4 Å². The second kappa shape index (κ2) is 11.3. The zero-order valence-electron chi connectivity index (χ0n) is 16.7. The molecular weight excluding hydrogens is 361 g/mol. The molecule has 0 bridgehead atoms. The van der Waals surface area contributed by atoms with Gasteiger partial charge in [0, 0.05) is 6.07 Å². The number of ether oxygens (including phenoxy) is 3. The zero-order chi connectivity index (χ0) is 20.4. The molecule has 152 valence electrons. The topological polar surface area (TPSA) is 56.8 Å². The highest BCUT2D eigenvalue weighted by molar-refractivity contribution is 5.81. The third-order valence-corrected chi connectivity index (χ3v) is 4.53. The predicted octanol–water partition coefficient (Wildman–Crippen LogP) is 4.56. The molecule has 2 heterocycles. The Bertz CT molecular complexity index is 743. The third kappa shape index (κ3) is 5.70. The highest BCUT2D eigenvalue weighted by atomic mass is 19.1. The Morgan fingerprint density at radius 1 is 1.07 bits per heavy atom. The first-order valence-corrected chi connectivity index (χ1v) is 9.60. The molecule has 0 spiro atoms. The Morgan fingerprint density at radius 3 is 2.25 bits per heavy atom. The number of rotatable bonds is 3. The predicted molar refractivity (Wildman–Crippen MR) is 107 cm³/mol. The molecule has 2 aliphatic rings. The summed E-state index contributed by atoms with van der Waals surface area (Å²) in [6, 6.07) is 10.2. The molecule has 2 aromatic rings. The summed E-state index contributed by atoms with van der Waals surface area (Å²) in [5.41, 5.74) is 1.75. The lowest BCUT2D eigenvalue weighted by Crippen LogP contribution is -2.26. The standard InChI is InChI=1S/C11H14FN.C9H8O4.C2H6/c12-11-3-1-9(2-4-11)10-5-7-13-8-6-10;1-11-7-3-9-8(12-5-13-9)2-6(7)4-10;1-2/h1-4,10,13H,5-8H2;2-4H,5H2,1H3;1-2H3. The maximum Gasteiger partial charge on any atom is 0.231 e. The maximum atomic E-state index is 12.6. The molecule has 0 unspecified atom stereocenters. The van der Waals surface area contributed by atoms with Gasteiger partial charge in [0.25, 0.3) is 0 Å². The van der Waals surface area contributed by atoms with Crippen LogP contribution in [0.15, 0.2) is 36.4 Å². The van der Waals surface area contributed by atoms with Crippen LogP contribution in [0.2, 0.25) is 0 Å². The molecule has 1 fully saturated rings. The molecule has 2 aliphatic heterocycles. The minimum atomic E-state index is -0.141. The maximum absolute atomic E-state index is 12.6. The van der Waals surface area contributed by atoms with E-state index in [1.54, 1.807) is 24.3 Å². The summed E-state index contributed by atoms with van der Waals surface area (Å²) in [6.07, 6.45) is 3.07. The summed E-state index contributed by atoms with van der Waals surface area (Å²) in [5.74, 6) is 2.18. The number of methoxy groups -OCH3 is 1. The summed E-state index contributed by atoms with van der Waals surface area (Å²) in [7, 11) is 1.50. The molecule has 0 radical (unpaired) electrons. The summed E-state index contributed by atoms with van der Waals surface area (Å²) >= 11 is 0. The molecule has 0 saturated carbocycles. The van der Waals surface area contributed by atoms with Crippen LogP contribution < -0.4 is 19.5 Å². The lowest BCUT2D eigenvalue weighted by Gasteiger charge is -2.22. The van der Waals surface area contributed by atoms with Crippen molar-refractivity contribution in [2.24, 2.45) is 0 Å². The van der Waals surface area contributed by atoms with Gasteiger partial charge in [-0.15, -0.1) is 0 Å². The minimum Gasteiger partial charge on any atom is -0.496 e. The van der Waals surface area contributed by atoms with Gasteiger partial charge >= 0.3 is 0 Å². The van der Waals surface area contributed by atoms with Crippen LogP contribution >= 0.6 is 0 Å². The molecule has 4 rings (SSSR count). The van der Waals surface area contributed by atoms with Crippen molar-refractivity contribution in [2.45, 2.75) is 32.6 Å². The monoisotopic (exact) mass is 389 g/mol. The molecule has 1 N–H and O–H groups in total. The molecule has 0 amide bonds. The molecule has 1 saturated heterocycles. The number of piperidine rings is 1. The van der Waals surface area contributed by atoms with Crippen molar-refractivity contribution in [1.82, 2.24) is 5.32 Å². The number of carbonyl (C=O) groups excluding carboxylic acids is 1. The van der Waals surface area contributed by atoms with Crippen molar-refractivity contribution in [3.8, 4) is 17.2 Å². The first-order valence-electron chi connectivity index (χ1n) is 9.60. The van der Waals surface area contributed by atoms with E-state index < -0.39 is 0 Å². The van der Waals surface area contributed by atoms with Crippen molar-refractivity contribution in [3.63, 3.8) is 0 Å². The average Bonchev–Trinajstić information content (AvgIpc) is 3.23. The van der Waals surface area contributed by atoms with E-state index in [2.05, 4.69) is 5.32 Å². The second-order valence-corrected chi connectivity index (χ2v) is 6.14. The van der Waals surface area contributed by atoms with Crippen molar-refractivity contribution in [3.05, 3.63) is 53.3 Å². The van der Waals surface area contributed by atoms with Gasteiger partial charge in [-0.3, -0.25) is 4.79 Å². The number of hydrogen-bond acceptors (Lipinski definition) is 5. The van der Waals surface area contributed by atoms with E-state index in [-0.39, 0.29) is 12.6 Å². The smallest absolute Gasteiger partial charge is 0.231 e. The van der Waals surface area contributed by atoms with Crippen LogP contribution in [0.5, 0.6) is 17.2 Å². The number of hydrogen-bond donors (Lipinski definition) is 1. The van der Waals surface area contributed by atoms with Crippen LogP contribution in [0.25, 0.3) is 0 Å². The van der Waals surface area contributed by atoms with E-state index >= 15 is 0 Å². The Labute approximate surface area is 165 Å². The quantitative estimate of drug-likeness (QED) is 0.780. The number of halogens is 1. The minimum absolute atomic E-state index is 0.141. The van der Waals surface area contributed by atoms with Crippen LogP contribution in [-0.2, 0) is 0 Å². The normalized spacial score (nSPS) is 14.9.